The Kier molecular flexibility index (Phi) is 3.71. The number of aryl methyl sites for hydroxylation is 1. The van der Waals surface area contributed by atoms with Crippen LogP contribution < -0.4 is 0 Å². The molecule has 0 aromatic heterocycles. The molecule has 0 aliphatic heterocycles. The van der Waals surface area contributed by atoms with Crippen molar-refractivity contribution < 1.29 is 5.11 Å². The van der Waals surface area contributed by atoms with E-state index < -0.39 is 0 Å². The van der Waals surface area contributed by atoms with Gasteiger partial charge in [0.15, 0.2) is 0 Å². The van der Waals surface area contributed by atoms with Crippen LogP contribution in [0.15, 0.2) is 42.5 Å². The van der Waals surface area contributed by atoms with Crippen LogP contribution in [0.4, 0.5) is 0 Å². The second-order valence-electron chi connectivity index (χ2n) is 5.32. The van der Waals surface area contributed by atoms with Crippen LogP contribution in [-0.4, -0.2) is 5.11 Å². The number of phenols is 1. The zero-order valence-electron chi connectivity index (χ0n) is 11.3. The highest BCUT2D eigenvalue weighted by Crippen LogP contribution is 2.30. The van der Waals surface area contributed by atoms with Gasteiger partial charge in [-0.05, 0) is 42.5 Å². The summed E-state index contributed by atoms with van der Waals surface area (Å²) in [5, 5.41) is 9.96. The highest BCUT2D eigenvalue weighted by atomic mass is 16.3. The summed E-state index contributed by atoms with van der Waals surface area (Å²) in [6.07, 6.45) is 1.07. The van der Waals surface area contributed by atoms with E-state index in [0.717, 1.165) is 23.1 Å². The fourth-order valence-corrected chi connectivity index (χ4v) is 2.22. The molecular weight excluding hydrogens is 220 g/mol. The number of rotatable bonds is 3. The van der Waals surface area contributed by atoms with Crippen molar-refractivity contribution in [1.82, 2.24) is 0 Å². The molecule has 0 spiro atoms. The van der Waals surface area contributed by atoms with E-state index in [-0.39, 0.29) is 0 Å². The lowest BCUT2D eigenvalue weighted by Gasteiger charge is -2.09. The third-order valence-corrected chi connectivity index (χ3v) is 3.03. The van der Waals surface area contributed by atoms with E-state index in [4.69, 9.17) is 0 Å². The summed E-state index contributed by atoms with van der Waals surface area (Å²) in [5.74, 6) is 0.994. The Labute approximate surface area is 109 Å². The van der Waals surface area contributed by atoms with Crippen molar-refractivity contribution in [2.75, 3.05) is 0 Å². The summed E-state index contributed by atoms with van der Waals surface area (Å²) in [6.45, 7) is 6.48. The van der Waals surface area contributed by atoms with Crippen LogP contribution in [0.5, 0.6) is 5.75 Å². The largest absolute Gasteiger partial charge is 0.507 e. The number of hydrogen-bond donors (Lipinski definition) is 1. The normalized spacial score (nSPS) is 10.9. The molecule has 0 saturated heterocycles. The highest BCUT2D eigenvalue weighted by molar-refractivity contribution is 5.71. The van der Waals surface area contributed by atoms with Gasteiger partial charge < -0.3 is 5.11 Å². The van der Waals surface area contributed by atoms with Crippen LogP contribution in [0.2, 0.25) is 0 Å². The minimum Gasteiger partial charge on any atom is -0.507 e. The number of phenolic OH excluding ortho intramolecular Hbond substituents is 1. The van der Waals surface area contributed by atoms with Crippen LogP contribution >= 0.6 is 0 Å². The van der Waals surface area contributed by atoms with Crippen LogP contribution in [0, 0.1) is 12.8 Å². The molecular formula is C17H20O. The van der Waals surface area contributed by atoms with Crippen molar-refractivity contribution in [3.05, 3.63) is 53.6 Å². The first-order chi connectivity index (χ1) is 8.56. The molecule has 1 N–H and O–H groups in total. The molecule has 0 fully saturated rings. The van der Waals surface area contributed by atoms with Gasteiger partial charge in [0.2, 0.25) is 0 Å². The SMILES string of the molecule is Cc1ccc(O)c(-c2cccc(CC(C)C)c2)c1. The third-order valence-electron chi connectivity index (χ3n) is 3.03. The lowest BCUT2D eigenvalue weighted by Crippen LogP contribution is -1.94. The second-order valence-corrected chi connectivity index (χ2v) is 5.32. The van der Waals surface area contributed by atoms with Gasteiger partial charge >= 0.3 is 0 Å². The number of hydrogen-bond acceptors (Lipinski definition) is 1. The Morgan fingerprint density at radius 2 is 1.83 bits per heavy atom. The van der Waals surface area contributed by atoms with E-state index in [0.29, 0.717) is 11.7 Å². The molecule has 0 unspecified atom stereocenters. The minimum atomic E-state index is 0.349. The lowest BCUT2D eigenvalue weighted by molar-refractivity contribution is 0.477. The van der Waals surface area contributed by atoms with E-state index in [1.165, 1.54) is 5.56 Å². The molecule has 0 atom stereocenters. The predicted octanol–water partition coefficient (Wildman–Crippen LogP) is 4.57. The molecule has 2 rings (SSSR count). The Balaban J connectivity index is 2.41. The maximum atomic E-state index is 9.96. The third kappa shape index (κ3) is 2.92. The average molecular weight is 240 g/mol. The van der Waals surface area contributed by atoms with Gasteiger partial charge in [0.05, 0.1) is 0 Å². The molecule has 0 amide bonds. The van der Waals surface area contributed by atoms with Crippen molar-refractivity contribution in [3.8, 4) is 16.9 Å². The minimum absolute atomic E-state index is 0.349. The van der Waals surface area contributed by atoms with E-state index in [2.05, 4.69) is 38.1 Å². The average Bonchev–Trinajstić information content (AvgIpc) is 2.32. The monoisotopic (exact) mass is 240 g/mol. The Morgan fingerprint density at radius 3 is 2.56 bits per heavy atom. The fourth-order valence-electron chi connectivity index (χ4n) is 2.22. The van der Waals surface area contributed by atoms with E-state index in [1.54, 1.807) is 6.07 Å². The Morgan fingerprint density at radius 1 is 1.06 bits per heavy atom. The smallest absolute Gasteiger partial charge is 0.123 e. The van der Waals surface area contributed by atoms with Crippen molar-refractivity contribution in [3.63, 3.8) is 0 Å². The standard InChI is InChI=1S/C17H20O/c1-12(2)9-14-5-4-6-15(11-14)16-10-13(3)7-8-17(16)18/h4-8,10-12,18H,9H2,1-3H3. The van der Waals surface area contributed by atoms with Gasteiger partial charge in [0.1, 0.15) is 5.75 Å². The summed E-state index contributed by atoms with van der Waals surface area (Å²) in [7, 11) is 0. The summed E-state index contributed by atoms with van der Waals surface area (Å²) in [5.41, 5.74) is 4.50. The first-order valence-electron chi connectivity index (χ1n) is 6.45. The summed E-state index contributed by atoms with van der Waals surface area (Å²) in [4.78, 5) is 0. The van der Waals surface area contributed by atoms with Crippen LogP contribution in [0.25, 0.3) is 11.1 Å². The molecule has 0 radical (unpaired) electrons. The number of benzene rings is 2. The maximum Gasteiger partial charge on any atom is 0.123 e. The highest BCUT2D eigenvalue weighted by Gasteiger charge is 2.06. The fraction of sp³-hybridized carbons (Fsp3) is 0.294. The molecule has 0 aliphatic rings. The Hall–Kier alpha value is -1.76. The summed E-state index contributed by atoms with van der Waals surface area (Å²) in [6, 6.07) is 14.2. The van der Waals surface area contributed by atoms with Crippen LogP contribution in [-0.2, 0) is 6.42 Å². The predicted molar refractivity (Wildman–Crippen MR) is 76.8 cm³/mol. The van der Waals surface area contributed by atoms with Gasteiger partial charge in [0, 0.05) is 5.56 Å². The molecule has 1 nitrogen and oxygen atoms in total. The molecule has 2 aromatic carbocycles. The molecule has 0 aliphatic carbocycles. The van der Waals surface area contributed by atoms with Gasteiger partial charge in [-0.2, -0.15) is 0 Å². The van der Waals surface area contributed by atoms with E-state index >= 15 is 0 Å². The first kappa shape index (κ1) is 12.7. The maximum absolute atomic E-state index is 9.96. The zero-order valence-corrected chi connectivity index (χ0v) is 11.3. The van der Waals surface area contributed by atoms with Crippen molar-refractivity contribution in [1.29, 1.82) is 0 Å². The van der Waals surface area contributed by atoms with Gasteiger partial charge in [-0.1, -0.05) is 49.7 Å². The van der Waals surface area contributed by atoms with Gasteiger partial charge in [-0.25, -0.2) is 0 Å². The first-order valence-corrected chi connectivity index (χ1v) is 6.45. The Bertz CT molecular complexity index is 541. The van der Waals surface area contributed by atoms with E-state index in [1.807, 2.05) is 19.1 Å². The lowest BCUT2D eigenvalue weighted by atomic mass is 9.97. The zero-order chi connectivity index (χ0) is 13.1. The van der Waals surface area contributed by atoms with Crippen molar-refractivity contribution in [2.24, 2.45) is 5.92 Å². The van der Waals surface area contributed by atoms with Crippen LogP contribution in [0.1, 0.15) is 25.0 Å². The van der Waals surface area contributed by atoms with Crippen LogP contribution in [0.3, 0.4) is 0 Å². The molecule has 0 saturated carbocycles. The quantitative estimate of drug-likeness (QED) is 0.833. The van der Waals surface area contributed by atoms with Crippen molar-refractivity contribution >= 4 is 0 Å². The van der Waals surface area contributed by atoms with Gasteiger partial charge in [0.25, 0.3) is 0 Å². The molecule has 0 heterocycles. The molecule has 0 bridgehead atoms. The van der Waals surface area contributed by atoms with Crippen molar-refractivity contribution in [2.45, 2.75) is 27.2 Å². The van der Waals surface area contributed by atoms with Gasteiger partial charge in [-0.3, -0.25) is 0 Å². The van der Waals surface area contributed by atoms with Gasteiger partial charge in [-0.15, -0.1) is 0 Å². The second kappa shape index (κ2) is 5.26. The molecule has 2 aromatic rings. The molecule has 1 heteroatoms. The molecule has 18 heavy (non-hydrogen) atoms. The summed E-state index contributed by atoms with van der Waals surface area (Å²) < 4.78 is 0. The number of aromatic hydroxyl groups is 1. The van der Waals surface area contributed by atoms with E-state index in [9.17, 15) is 5.11 Å². The summed E-state index contributed by atoms with van der Waals surface area (Å²) >= 11 is 0. The molecule has 94 valence electrons. The topological polar surface area (TPSA) is 20.2 Å².